The summed E-state index contributed by atoms with van der Waals surface area (Å²) in [6.45, 7) is 4.83. The second-order valence-corrected chi connectivity index (χ2v) is 7.23. The molecule has 2 heterocycles. The third-order valence-corrected chi connectivity index (χ3v) is 5.42. The molecule has 4 aromatic rings. The normalized spacial score (nSPS) is 11.1. The van der Waals surface area contributed by atoms with Crippen molar-refractivity contribution >= 4 is 28.7 Å². The molecule has 1 amide bonds. The predicted octanol–water partition coefficient (Wildman–Crippen LogP) is 3.49. The second kappa shape index (κ2) is 7.85. The molecule has 142 valence electrons. The molecule has 8 heteroatoms. The van der Waals surface area contributed by atoms with E-state index in [0.29, 0.717) is 0 Å². The van der Waals surface area contributed by atoms with E-state index in [4.69, 9.17) is 0 Å². The van der Waals surface area contributed by atoms with Crippen LogP contribution >= 0.6 is 11.8 Å². The van der Waals surface area contributed by atoms with Gasteiger partial charge in [0.05, 0.1) is 16.8 Å². The molecule has 0 bridgehead atoms. The van der Waals surface area contributed by atoms with Crippen LogP contribution in [-0.2, 0) is 11.3 Å². The van der Waals surface area contributed by atoms with Crippen molar-refractivity contribution < 1.29 is 4.79 Å². The van der Waals surface area contributed by atoms with Crippen LogP contribution < -0.4 is 5.43 Å². The van der Waals surface area contributed by atoms with E-state index in [1.807, 2.05) is 54.0 Å². The lowest BCUT2D eigenvalue weighted by atomic mass is 10.1. The summed E-state index contributed by atoms with van der Waals surface area (Å²) in [7, 11) is 0. The summed E-state index contributed by atoms with van der Waals surface area (Å²) >= 11 is 1.37. The monoisotopic (exact) mass is 392 g/mol. The van der Waals surface area contributed by atoms with Gasteiger partial charge in [-0.25, -0.2) is 9.66 Å². The van der Waals surface area contributed by atoms with Crippen LogP contribution in [0.5, 0.6) is 0 Å². The zero-order valence-electron chi connectivity index (χ0n) is 15.7. The number of amides is 1. The first kappa shape index (κ1) is 18.2. The molecule has 0 aliphatic heterocycles. The predicted molar refractivity (Wildman–Crippen MR) is 111 cm³/mol. The van der Waals surface area contributed by atoms with Crippen LogP contribution in [-0.4, -0.2) is 36.1 Å². The highest BCUT2D eigenvalue weighted by molar-refractivity contribution is 7.99. The third-order valence-electron chi connectivity index (χ3n) is 4.45. The van der Waals surface area contributed by atoms with Crippen molar-refractivity contribution in [3.05, 3.63) is 60.4 Å². The van der Waals surface area contributed by atoms with Crippen molar-refractivity contribution in [3.63, 3.8) is 0 Å². The number of aromatic nitrogens is 5. The third kappa shape index (κ3) is 3.50. The molecule has 0 aliphatic carbocycles. The van der Waals surface area contributed by atoms with E-state index < -0.39 is 0 Å². The minimum Gasteiger partial charge on any atom is -0.302 e. The summed E-state index contributed by atoms with van der Waals surface area (Å²) < 4.78 is 3.68. The van der Waals surface area contributed by atoms with E-state index in [1.54, 1.807) is 11.0 Å². The van der Waals surface area contributed by atoms with Gasteiger partial charge in [0.25, 0.3) is 0 Å². The van der Waals surface area contributed by atoms with Gasteiger partial charge in [-0.1, -0.05) is 48.2 Å². The van der Waals surface area contributed by atoms with Gasteiger partial charge in [0, 0.05) is 12.1 Å². The molecular formula is C20H20N6OS. The zero-order chi connectivity index (χ0) is 19.5. The number of thioether (sulfide) groups is 1. The summed E-state index contributed by atoms with van der Waals surface area (Å²) in [5.74, 6) is 0.929. The average Bonchev–Trinajstić information content (AvgIpc) is 3.31. The van der Waals surface area contributed by atoms with Gasteiger partial charge in [-0.05, 0) is 31.5 Å². The van der Waals surface area contributed by atoms with Crippen LogP contribution in [0.3, 0.4) is 0 Å². The number of fused-ring (bicyclic) bond motifs is 1. The Bertz CT molecular complexity index is 1130. The first-order chi connectivity index (χ1) is 13.7. The van der Waals surface area contributed by atoms with Crippen molar-refractivity contribution in [3.8, 4) is 11.4 Å². The topological polar surface area (TPSA) is 77.6 Å². The van der Waals surface area contributed by atoms with Crippen LogP contribution in [0.25, 0.3) is 22.4 Å². The molecule has 2 aromatic heterocycles. The highest BCUT2D eigenvalue weighted by Gasteiger charge is 2.16. The Labute approximate surface area is 166 Å². The van der Waals surface area contributed by atoms with E-state index in [1.165, 1.54) is 11.8 Å². The number of hydrogen-bond acceptors (Lipinski definition) is 5. The minimum atomic E-state index is -0.128. The van der Waals surface area contributed by atoms with Gasteiger partial charge in [-0.15, -0.1) is 10.2 Å². The lowest BCUT2D eigenvalue weighted by Gasteiger charge is -2.09. The maximum absolute atomic E-state index is 12.4. The molecule has 2 aromatic carbocycles. The number of carbonyl (C=O) groups excluding carboxylic acids is 1. The lowest BCUT2D eigenvalue weighted by molar-refractivity contribution is -0.114. The number of para-hydroxylation sites is 2. The summed E-state index contributed by atoms with van der Waals surface area (Å²) in [4.78, 5) is 16.7. The van der Waals surface area contributed by atoms with E-state index in [-0.39, 0.29) is 11.7 Å². The van der Waals surface area contributed by atoms with Gasteiger partial charge in [0.1, 0.15) is 6.33 Å². The number of hydrogen-bond donors (Lipinski definition) is 1. The summed E-state index contributed by atoms with van der Waals surface area (Å²) in [6.07, 6.45) is 1.61. The highest BCUT2D eigenvalue weighted by atomic mass is 32.2. The zero-order valence-corrected chi connectivity index (χ0v) is 16.5. The number of benzene rings is 2. The van der Waals surface area contributed by atoms with Crippen molar-refractivity contribution in [1.29, 1.82) is 0 Å². The number of nitrogens with zero attached hydrogens (tertiary/aromatic N) is 5. The molecule has 1 N–H and O–H groups in total. The Hall–Kier alpha value is -3.13. The van der Waals surface area contributed by atoms with Crippen LogP contribution in [0.2, 0.25) is 0 Å². The molecule has 0 unspecified atom stereocenters. The largest absolute Gasteiger partial charge is 0.302 e. The van der Waals surface area contributed by atoms with Crippen molar-refractivity contribution in [2.45, 2.75) is 25.5 Å². The molecule has 0 radical (unpaired) electrons. The van der Waals surface area contributed by atoms with Gasteiger partial charge in [0.15, 0.2) is 11.0 Å². The molecule has 0 saturated heterocycles. The maximum atomic E-state index is 12.4. The molecule has 28 heavy (non-hydrogen) atoms. The summed E-state index contributed by atoms with van der Waals surface area (Å²) in [5.41, 5.74) is 6.75. The Balaban J connectivity index is 1.48. The number of nitrogens with one attached hydrogen (secondary N) is 1. The van der Waals surface area contributed by atoms with Crippen molar-refractivity contribution in [2.75, 3.05) is 11.2 Å². The fourth-order valence-corrected chi connectivity index (χ4v) is 3.84. The molecule has 0 aliphatic rings. The van der Waals surface area contributed by atoms with Gasteiger partial charge >= 0.3 is 0 Å². The molecule has 0 fully saturated rings. The maximum Gasteiger partial charge on any atom is 0.249 e. The molecule has 4 rings (SSSR count). The summed E-state index contributed by atoms with van der Waals surface area (Å²) in [6, 6.07) is 15.7. The highest BCUT2D eigenvalue weighted by Crippen LogP contribution is 2.26. The fraction of sp³-hybridized carbons (Fsp3) is 0.200. The lowest BCUT2D eigenvalue weighted by Crippen LogP contribution is -2.23. The SMILES string of the molecule is CCn1c(SCC(=O)Nn2cnc3ccccc32)nnc1-c1ccccc1C. The van der Waals surface area contributed by atoms with Gasteiger partial charge in [0.2, 0.25) is 5.91 Å². The Morgan fingerprint density at radius 2 is 1.89 bits per heavy atom. The van der Waals surface area contributed by atoms with E-state index >= 15 is 0 Å². The van der Waals surface area contributed by atoms with Crippen LogP contribution in [0.15, 0.2) is 60.0 Å². The molecule has 0 atom stereocenters. The molecule has 0 spiro atoms. The number of imidazole rings is 1. The first-order valence-corrected chi connectivity index (χ1v) is 10.00. The Kier molecular flexibility index (Phi) is 5.12. The first-order valence-electron chi connectivity index (χ1n) is 9.01. The van der Waals surface area contributed by atoms with Crippen LogP contribution in [0.4, 0.5) is 0 Å². The number of rotatable bonds is 6. The fourth-order valence-electron chi connectivity index (χ4n) is 3.05. The molecule has 7 nitrogen and oxygen atoms in total. The number of carbonyl (C=O) groups is 1. The quantitative estimate of drug-likeness (QED) is 0.508. The minimum absolute atomic E-state index is 0.128. The number of aryl methyl sites for hydroxylation is 1. The smallest absolute Gasteiger partial charge is 0.249 e. The average molecular weight is 392 g/mol. The van der Waals surface area contributed by atoms with Gasteiger partial charge < -0.3 is 4.57 Å². The second-order valence-electron chi connectivity index (χ2n) is 6.29. The molecule has 0 saturated carbocycles. The summed E-state index contributed by atoms with van der Waals surface area (Å²) in [5, 5.41) is 9.39. The van der Waals surface area contributed by atoms with E-state index in [2.05, 4.69) is 33.6 Å². The van der Waals surface area contributed by atoms with Crippen LogP contribution in [0.1, 0.15) is 12.5 Å². The van der Waals surface area contributed by atoms with Crippen molar-refractivity contribution in [2.24, 2.45) is 0 Å². The Morgan fingerprint density at radius 3 is 2.71 bits per heavy atom. The van der Waals surface area contributed by atoms with E-state index in [9.17, 15) is 4.79 Å². The van der Waals surface area contributed by atoms with Gasteiger partial charge in [-0.2, -0.15) is 0 Å². The van der Waals surface area contributed by atoms with Gasteiger partial charge in [-0.3, -0.25) is 10.2 Å². The Morgan fingerprint density at radius 1 is 1.11 bits per heavy atom. The molecular weight excluding hydrogens is 372 g/mol. The van der Waals surface area contributed by atoms with Crippen molar-refractivity contribution in [1.82, 2.24) is 24.4 Å². The standard InChI is InChI=1S/C20H20N6OS/c1-3-25-19(15-9-5-4-8-14(15)2)22-23-20(25)28-12-18(27)24-26-13-21-16-10-6-7-11-17(16)26/h4-11,13H,3,12H2,1-2H3,(H,24,27). The van der Waals surface area contributed by atoms with Crippen LogP contribution in [0, 0.1) is 6.92 Å². The van der Waals surface area contributed by atoms with E-state index in [0.717, 1.165) is 39.7 Å².